The first-order valence-corrected chi connectivity index (χ1v) is 4.22. The highest BCUT2D eigenvalue weighted by Crippen LogP contribution is 2.24. The van der Waals surface area contributed by atoms with E-state index in [0.717, 1.165) is 15.2 Å². The molecule has 2 rings (SSSR count). The second-order valence-electron chi connectivity index (χ2n) is 2.41. The molecule has 0 aromatic carbocycles. The molecular weight excluding hydrogens is 218 g/mol. The summed E-state index contributed by atoms with van der Waals surface area (Å²) < 4.78 is 0.939. The Kier molecular flexibility index (Phi) is 1.69. The van der Waals surface area contributed by atoms with E-state index in [2.05, 4.69) is 25.9 Å². The van der Waals surface area contributed by atoms with Crippen LogP contribution in [0.15, 0.2) is 29.1 Å². The van der Waals surface area contributed by atoms with Gasteiger partial charge in [-0.15, -0.1) is 0 Å². The molecular formula is C8H6BrN3. The van der Waals surface area contributed by atoms with E-state index in [1.54, 1.807) is 18.6 Å². The fraction of sp³-hybridized carbons (Fsp3) is 0. The third-order valence-corrected chi connectivity index (χ3v) is 2.30. The lowest BCUT2D eigenvalue weighted by molar-refractivity contribution is 1.31. The average molecular weight is 224 g/mol. The number of fused-ring (bicyclic) bond motifs is 1. The van der Waals surface area contributed by atoms with Gasteiger partial charge in [0.2, 0.25) is 0 Å². The van der Waals surface area contributed by atoms with Crippen LogP contribution in [0.5, 0.6) is 0 Å². The number of aromatic nitrogens is 2. The molecule has 0 aliphatic carbocycles. The van der Waals surface area contributed by atoms with Crippen molar-refractivity contribution in [3.8, 4) is 0 Å². The number of nitrogens with two attached hydrogens (primary N) is 1. The van der Waals surface area contributed by atoms with Crippen molar-refractivity contribution >= 4 is 32.5 Å². The zero-order chi connectivity index (χ0) is 8.55. The van der Waals surface area contributed by atoms with Gasteiger partial charge in [-0.2, -0.15) is 0 Å². The molecule has 0 atom stereocenters. The number of pyridine rings is 2. The molecule has 0 unspecified atom stereocenters. The first-order chi connectivity index (χ1) is 5.79. The van der Waals surface area contributed by atoms with Crippen LogP contribution in [0.3, 0.4) is 0 Å². The van der Waals surface area contributed by atoms with Crippen LogP contribution < -0.4 is 5.73 Å². The number of hydrogen-bond acceptors (Lipinski definition) is 3. The predicted molar refractivity (Wildman–Crippen MR) is 51.7 cm³/mol. The monoisotopic (exact) mass is 223 g/mol. The van der Waals surface area contributed by atoms with Crippen molar-refractivity contribution < 1.29 is 0 Å². The molecule has 0 spiro atoms. The molecule has 2 aromatic rings. The van der Waals surface area contributed by atoms with Crippen LogP contribution in [0.1, 0.15) is 0 Å². The van der Waals surface area contributed by atoms with Crippen LogP contribution in [-0.4, -0.2) is 9.97 Å². The van der Waals surface area contributed by atoms with Crippen molar-refractivity contribution in [3.63, 3.8) is 0 Å². The molecule has 12 heavy (non-hydrogen) atoms. The van der Waals surface area contributed by atoms with Gasteiger partial charge in [-0.3, -0.25) is 4.98 Å². The highest BCUT2D eigenvalue weighted by molar-refractivity contribution is 9.10. The Morgan fingerprint density at radius 2 is 2.08 bits per heavy atom. The molecule has 0 aliphatic heterocycles. The van der Waals surface area contributed by atoms with Crippen LogP contribution in [0.25, 0.3) is 10.8 Å². The third kappa shape index (κ3) is 1.04. The van der Waals surface area contributed by atoms with Crippen molar-refractivity contribution in [1.82, 2.24) is 9.97 Å². The number of rotatable bonds is 0. The Balaban J connectivity index is 2.94. The van der Waals surface area contributed by atoms with Gasteiger partial charge in [0, 0.05) is 33.8 Å². The summed E-state index contributed by atoms with van der Waals surface area (Å²) in [5.41, 5.74) is 5.65. The second-order valence-corrected chi connectivity index (χ2v) is 3.27. The van der Waals surface area contributed by atoms with Crippen molar-refractivity contribution in [1.29, 1.82) is 0 Å². The highest BCUT2D eigenvalue weighted by atomic mass is 79.9. The summed E-state index contributed by atoms with van der Waals surface area (Å²) in [6.07, 6.45) is 5.13. The predicted octanol–water partition coefficient (Wildman–Crippen LogP) is 1.97. The van der Waals surface area contributed by atoms with Gasteiger partial charge in [0.15, 0.2) is 0 Å². The molecule has 0 bridgehead atoms. The van der Waals surface area contributed by atoms with Crippen LogP contribution in [0, 0.1) is 0 Å². The lowest BCUT2D eigenvalue weighted by atomic mass is 10.2. The first-order valence-electron chi connectivity index (χ1n) is 3.43. The smallest absolute Gasteiger partial charge is 0.132 e. The third-order valence-electron chi connectivity index (χ3n) is 1.67. The van der Waals surface area contributed by atoms with E-state index in [0.29, 0.717) is 5.82 Å². The van der Waals surface area contributed by atoms with Gasteiger partial charge in [0.05, 0.1) is 0 Å². The topological polar surface area (TPSA) is 51.8 Å². The van der Waals surface area contributed by atoms with Gasteiger partial charge in [0.1, 0.15) is 5.82 Å². The number of halogens is 1. The molecule has 0 aliphatic rings. The molecule has 3 nitrogen and oxygen atoms in total. The lowest BCUT2D eigenvalue weighted by Gasteiger charge is -2.00. The highest BCUT2D eigenvalue weighted by Gasteiger charge is 2.00. The second kappa shape index (κ2) is 2.71. The summed E-state index contributed by atoms with van der Waals surface area (Å²) in [6.45, 7) is 0. The summed E-state index contributed by atoms with van der Waals surface area (Å²) >= 11 is 3.39. The summed E-state index contributed by atoms with van der Waals surface area (Å²) in [4.78, 5) is 7.97. The summed E-state index contributed by atoms with van der Waals surface area (Å²) in [7, 11) is 0. The Bertz CT molecular complexity index is 386. The van der Waals surface area contributed by atoms with Crippen molar-refractivity contribution in [3.05, 3.63) is 29.1 Å². The Hall–Kier alpha value is -1.16. The van der Waals surface area contributed by atoms with E-state index >= 15 is 0 Å². The van der Waals surface area contributed by atoms with Gasteiger partial charge in [-0.1, -0.05) is 0 Å². The Labute approximate surface area is 77.8 Å². The van der Waals surface area contributed by atoms with E-state index in [1.165, 1.54) is 0 Å². The largest absolute Gasteiger partial charge is 0.383 e. The minimum absolute atomic E-state index is 0.515. The fourth-order valence-electron chi connectivity index (χ4n) is 1.08. The van der Waals surface area contributed by atoms with E-state index < -0.39 is 0 Å². The fourth-order valence-corrected chi connectivity index (χ4v) is 1.54. The quantitative estimate of drug-likeness (QED) is 0.744. The maximum Gasteiger partial charge on any atom is 0.132 e. The Morgan fingerprint density at radius 1 is 1.25 bits per heavy atom. The number of anilines is 1. The minimum Gasteiger partial charge on any atom is -0.383 e. The Morgan fingerprint density at radius 3 is 2.83 bits per heavy atom. The van der Waals surface area contributed by atoms with E-state index in [4.69, 9.17) is 5.73 Å². The lowest BCUT2D eigenvalue weighted by Crippen LogP contribution is -1.91. The summed E-state index contributed by atoms with van der Waals surface area (Å²) in [6, 6.07) is 1.90. The van der Waals surface area contributed by atoms with Crippen LogP contribution in [0.2, 0.25) is 0 Å². The number of nitrogen functional groups attached to an aromatic ring is 1. The van der Waals surface area contributed by atoms with Crippen LogP contribution >= 0.6 is 15.9 Å². The minimum atomic E-state index is 0.515. The molecule has 60 valence electrons. The van der Waals surface area contributed by atoms with Crippen LogP contribution in [-0.2, 0) is 0 Å². The molecule has 0 fully saturated rings. The number of hydrogen-bond donors (Lipinski definition) is 1. The molecule has 2 heterocycles. The van der Waals surface area contributed by atoms with E-state index in [-0.39, 0.29) is 0 Å². The van der Waals surface area contributed by atoms with Gasteiger partial charge in [0.25, 0.3) is 0 Å². The van der Waals surface area contributed by atoms with Crippen LogP contribution in [0.4, 0.5) is 5.82 Å². The standard InChI is InChI=1S/C8H6BrN3/c9-7-4-11-3-6-5(7)1-2-12-8(6)10/h1-4H,(H2,10,12). The zero-order valence-corrected chi connectivity index (χ0v) is 7.75. The maximum absolute atomic E-state index is 5.65. The zero-order valence-electron chi connectivity index (χ0n) is 6.16. The summed E-state index contributed by atoms with van der Waals surface area (Å²) in [5, 5.41) is 1.92. The molecule has 4 heteroatoms. The molecule has 0 radical (unpaired) electrons. The molecule has 2 N–H and O–H groups in total. The van der Waals surface area contributed by atoms with Gasteiger partial charge in [-0.05, 0) is 22.0 Å². The molecule has 2 aromatic heterocycles. The molecule has 0 saturated carbocycles. The number of nitrogens with zero attached hydrogens (tertiary/aromatic N) is 2. The normalized spacial score (nSPS) is 10.4. The van der Waals surface area contributed by atoms with Crippen molar-refractivity contribution in [2.45, 2.75) is 0 Å². The summed E-state index contributed by atoms with van der Waals surface area (Å²) in [5.74, 6) is 0.515. The maximum atomic E-state index is 5.65. The molecule has 0 amide bonds. The molecule has 0 saturated heterocycles. The first kappa shape index (κ1) is 7.49. The van der Waals surface area contributed by atoms with Gasteiger partial charge < -0.3 is 5.73 Å². The average Bonchev–Trinajstić information content (AvgIpc) is 2.07. The van der Waals surface area contributed by atoms with Crippen molar-refractivity contribution in [2.24, 2.45) is 0 Å². The van der Waals surface area contributed by atoms with Gasteiger partial charge >= 0.3 is 0 Å². The van der Waals surface area contributed by atoms with Gasteiger partial charge in [-0.25, -0.2) is 4.98 Å². The van der Waals surface area contributed by atoms with Crippen molar-refractivity contribution in [2.75, 3.05) is 5.73 Å². The SMILES string of the molecule is Nc1nccc2c(Br)cncc12. The van der Waals surface area contributed by atoms with E-state index in [1.807, 2.05) is 6.07 Å². The van der Waals surface area contributed by atoms with E-state index in [9.17, 15) is 0 Å².